The molecule has 4 rings (SSSR count). The molecule has 1 saturated heterocycles. The molecule has 3 aromatic carbocycles. The molecule has 0 bridgehead atoms. The van der Waals surface area contributed by atoms with Gasteiger partial charge in [-0.2, -0.15) is 0 Å². The molecule has 35 heavy (non-hydrogen) atoms. The molecule has 180 valence electrons. The van der Waals surface area contributed by atoms with E-state index in [9.17, 15) is 9.59 Å². The third-order valence-corrected chi connectivity index (χ3v) is 7.37. The van der Waals surface area contributed by atoms with Gasteiger partial charge in [-0.25, -0.2) is 0 Å². The highest BCUT2D eigenvalue weighted by Crippen LogP contribution is 2.38. The summed E-state index contributed by atoms with van der Waals surface area (Å²) in [6, 6.07) is 18.4. The fourth-order valence-corrected chi connectivity index (χ4v) is 5.50. The van der Waals surface area contributed by atoms with Crippen molar-refractivity contribution in [1.29, 1.82) is 0 Å². The summed E-state index contributed by atoms with van der Waals surface area (Å²) in [6.07, 6.45) is 1.71. The first kappa shape index (κ1) is 25.9. The standard InChI is InChI=1S/C26H20Cl2INO4S/c1-2-33-22-11-17(10-21(29)24(22)34-15-18-8-9-19(27)13-20(18)28)12-23-25(31)30(26(32)35-23)14-16-6-4-3-5-7-16/h3-13H,2,14-15H2,1H3/b23-12+. The van der Waals surface area contributed by atoms with Crippen LogP contribution in [-0.4, -0.2) is 22.7 Å². The summed E-state index contributed by atoms with van der Waals surface area (Å²) in [5, 5.41) is 0.791. The zero-order chi connectivity index (χ0) is 24.9. The minimum Gasteiger partial charge on any atom is -0.490 e. The number of carbonyl (C=O) groups excluding carboxylic acids is 2. The first-order valence-electron chi connectivity index (χ1n) is 10.7. The largest absolute Gasteiger partial charge is 0.490 e. The van der Waals surface area contributed by atoms with Gasteiger partial charge in [0.05, 0.1) is 21.6 Å². The SMILES string of the molecule is CCOc1cc(/C=C2/SC(=O)N(Cc3ccccc3)C2=O)cc(I)c1OCc1ccc(Cl)cc1Cl. The second-order valence-electron chi connectivity index (χ2n) is 7.54. The van der Waals surface area contributed by atoms with Crippen molar-refractivity contribution in [2.24, 2.45) is 0 Å². The average Bonchev–Trinajstić information content (AvgIpc) is 3.08. The lowest BCUT2D eigenvalue weighted by Crippen LogP contribution is -2.27. The molecule has 9 heteroatoms. The molecule has 0 N–H and O–H groups in total. The number of hydrogen-bond donors (Lipinski definition) is 0. The predicted molar refractivity (Wildman–Crippen MR) is 149 cm³/mol. The number of nitrogens with zero attached hydrogens (tertiary/aromatic N) is 1. The van der Waals surface area contributed by atoms with Gasteiger partial charge in [0.2, 0.25) is 0 Å². The van der Waals surface area contributed by atoms with Crippen LogP contribution in [0.2, 0.25) is 10.0 Å². The highest BCUT2D eigenvalue weighted by molar-refractivity contribution is 14.1. The number of imide groups is 1. The fourth-order valence-electron chi connectivity index (χ4n) is 3.42. The van der Waals surface area contributed by atoms with Gasteiger partial charge in [0.25, 0.3) is 11.1 Å². The van der Waals surface area contributed by atoms with Gasteiger partial charge in [-0.15, -0.1) is 0 Å². The molecular weight excluding hydrogens is 620 g/mol. The maximum Gasteiger partial charge on any atom is 0.293 e. The molecule has 0 unspecified atom stereocenters. The third-order valence-electron chi connectivity index (χ3n) is 5.07. The Morgan fingerprint density at radius 2 is 1.80 bits per heavy atom. The van der Waals surface area contributed by atoms with E-state index in [2.05, 4.69) is 22.6 Å². The second-order valence-corrected chi connectivity index (χ2v) is 10.5. The Morgan fingerprint density at radius 3 is 2.51 bits per heavy atom. The van der Waals surface area contributed by atoms with Crippen molar-refractivity contribution in [3.05, 3.63) is 95.9 Å². The van der Waals surface area contributed by atoms with Crippen LogP contribution in [0.15, 0.2) is 65.6 Å². The lowest BCUT2D eigenvalue weighted by molar-refractivity contribution is -0.123. The van der Waals surface area contributed by atoms with Gasteiger partial charge in [0, 0.05) is 15.6 Å². The van der Waals surface area contributed by atoms with E-state index in [0.29, 0.717) is 33.1 Å². The summed E-state index contributed by atoms with van der Waals surface area (Å²) >= 11 is 15.4. The zero-order valence-corrected chi connectivity index (χ0v) is 23.1. The number of hydrogen-bond acceptors (Lipinski definition) is 5. The zero-order valence-electron chi connectivity index (χ0n) is 18.6. The molecule has 3 aromatic rings. The molecule has 0 spiro atoms. The van der Waals surface area contributed by atoms with Crippen molar-refractivity contribution < 1.29 is 19.1 Å². The first-order valence-corrected chi connectivity index (χ1v) is 13.3. The van der Waals surface area contributed by atoms with E-state index in [4.69, 9.17) is 32.7 Å². The Labute approximate surface area is 231 Å². The van der Waals surface area contributed by atoms with Crippen molar-refractivity contribution in [3.63, 3.8) is 0 Å². The normalized spacial score (nSPS) is 14.6. The summed E-state index contributed by atoms with van der Waals surface area (Å²) in [5.74, 6) is 0.807. The van der Waals surface area contributed by atoms with Gasteiger partial charge in [-0.1, -0.05) is 59.6 Å². The molecule has 0 aromatic heterocycles. The van der Waals surface area contributed by atoms with Crippen LogP contribution in [-0.2, 0) is 17.9 Å². The molecule has 0 atom stereocenters. The molecule has 1 heterocycles. The fraction of sp³-hybridized carbons (Fsp3) is 0.154. The molecule has 1 fully saturated rings. The molecule has 0 aliphatic carbocycles. The van der Waals surface area contributed by atoms with E-state index in [1.807, 2.05) is 49.4 Å². The summed E-state index contributed by atoms with van der Waals surface area (Å²) in [4.78, 5) is 27.1. The number of ether oxygens (including phenoxy) is 2. The summed E-state index contributed by atoms with van der Waals surface area (Å²) in [5.41, 5.74) is 2.43. The maximum atomic E-state index is 12.9. The molecular formula is C26H20Cl2INO4S. The summed E-state index contributed by atoms with van der Waals surface area (Å²) in [6.45, 7) is 2.80. The minimum absolute atomic E-state index is 0.240. The van der Waals surface area contributed by atoms with E-state index in [-0.39, 0.29) is 24.3 Å². The smallest absolute Gasteiger partial charge is 0.293 e. The van der Waals surface area contributed by atoms with Crippen LogP contribution in [0.4, 0.5) is 4.79 Å². The van der Waals surface area contributed by atoms with Gasteiger partial charge in [0.15, 0.2) is 11.5 Å². The molecule has 5 nitrogen and oxygen atoms in total. The molecule has 0 saturated carbocycles. The molecule has 0 radical (unpaired) electrons. The highest BCUT2D eigenvalue weighted by atomic mass is 127. The number of thioether (sulfide) groups is 1. The minimum atomic E-state index is -0.311. The summed E-state index contributed by atoms with van der Waals surface area (Å²) < 4.78 is 12.7. The van der Waals surface area contributed by atoms with Crippen molar-refractivity contribution in [2.45, 2.75) is 20.1 Å². The van der Waals surface area contributed by atoms with Gasteiger partial charge >= 0.3 is 0 Å². The van der Waals surface area contributed by atoms with Crippen LogP contribution in [0.5, 0.6) is 11.5 Å². The van der Waals surface area contributed by atoms with Crippen LogP contribution < -0.4 is 9.47 Å². The van der Waals surface area contributed by atoms with Crippen molar-refractivity contribution in [3.8, 4) is 11.5 Å². The monoisotopic (exact) mass is 639 g/mol. The Balaban J connectivity index is 1.56. The van der Waals surface area contributed by atoms with Crippen LogP contribution in [0, 0.1) is 3.57 Å². The highest BCUT2D eigenvalue weighted by Gasteiger charge is 2.35. The van der Waals surface area contributed by atoms with Crippen LogP contribution in [0.25, 0.3) is 6.08 Å². The Kier molecular flexibility index (Phi) is 8.64. The number of carbonyl (C=O) groups is 2. The number of amides is 2. The van der Waals surface area contributed by atoms with Crippen LogP contribution >= 0.6 is 57.6 Å². The van der Waals surface area contributed by atoms with E-state index >= 15 is 0 Å². The van der Waals surface area contributed by atoms with Crippen LogP contribution in [0.3, 0.4) is 0 Å². The van der Waals surface area contributed by atoms with Gasteiger partial charge in [-0.3, -0.25) is 14.5 Å². The van der Waals surface area contributed by atoms with E-state index in [0.717, 1.165) is 32.0 Å². The van der Waals surface area contributed by atoms with Crippen molar-refractivity contribution >= 4 is 74.8 Å². The number of rotatable bonds is 8. The molecule has 2 amide bonds. The third kappa shape index (κ3) is 6.33. The topological polar surface area (TPSA) is 55.8 Å². The predicted octanol–water partition coefficient (Wildman–Crippen LogP) is 7.81. The maximum absolute atomic E-state index is 12.9. The Morgan fingerprint density at radius 1 is 1.03 bits per heavy atom. The average molecular weight is 640 g/mol. The van der Waals surface area contributed by atoms with E-state index in [1.54, 1.807) is 24.3 Å². The van der Waals surface area contributed by atoms with Gasteiger partial charge in [0.1, 0.15) is 6.61 Å². The van der Waals surface area contributed by atoms with E-state index in [1.165, 1.54) is 4.90 Å². The summed E-state index contributed by atoms with van der Waals surface area (Å²) in [7, 11) is 0. The number of benzene rings is 3. The number of halogens is 3. The first-order chi connectivity index (χ1) is 16.9. The van der Waals surface area contributed by atoms with Gasteiger partial charge in [-0.05, 0) is 82.7 Å². The second kappa shape index (κ2) is 11.7. The quantitative estimate of drug-likeness (QED) is 0.186. The van der Waals surface area contributed by atoms with Gasteiger partial charge < -0.3 is 9.47 Å². The van der Waals surface area contributed by atoms with Crippen molar-refractivity contribution in [1.82, 2.24) is 4.90 Å². The van der Waals surface area contributed by atoms with E-state index < -0.39 is 0 Å². The Hall–Kier alpha value is -2.20. The van der Waals surface area contributed by atoms with Crippen LogP contribution in [0.1, 0.15) is 23.6 Å². The lowest BCUT2D eigenvalue weighted by Gasteiger charge is -2.15. The van der Waals surface area contributed by atoms with Crippen molar-refractivity contribution in [2.75, 3.05) is 6.61 Å². The Bertz CT molecular complexity index is 1300. The molecule has 1 aliphatic rings. The molecule has 1 aliphatic heterocycles. The lowest BCUT2D eigenvalue weighted by atomic mass is 10.1.